The number of carbonyl (C=O) groups is 6. The van der Waals surface area contributed by atoms with Crippen LogP contribution in [0.2, 0.25) is 0 Å². The molecule has 0 aromatic carbocycles. The average molecular weight is 658 g/mol. The molecule has 10 N–H and O–H groups in total. The van der Waals surface area contributed by atoms with Crippen LogP contribution in [0.3, 0.4) is 0 Å². The van der Waals surface area contributed by atoms with Crippen LogP contribution in [0.25, 0.3) is 0 Å². The average Bonchev–Trinajstić information content (AvgIpc) is 2.94. The Labute approximate surface area is 261 Å². The minimum absolute atomic E-state index is 0.0200. The van der Waals surface area contributed by atoms with Crippen LogP contribution in [0.5, 0.6) is 0 Å². The minimum atomic E-state index is -1.25. The Balaban J connectivity index is 3.05. The smallest absolute Gasteiger partial charge is 0.302 e. The Hall–Kier alpha value is -3.97. The van der Waals surface area contributed by atoms with E-state index in [1.54, 1.807) is 27.7 Å². The first-order chi connectivity index (χ1) is 20.5. The molecule has 0 bridgehead atoms. The van der Waals surface area contributed by atoms with Crippen molar-refractivity contribution in [3.63, 3.8) is 0 Å². The van der Waals surface area contributed by atoms with Crippen molar-refractivity contribution in [2.75, 3.05) is 12.3 Å². The molecule has 0 radical (unpaired) electrons. The Morgan fingerprint density at radius 2 is 1.48 bits per heavy atom. The third-order valence-corrected chi connectivity index (χ3v) is 8.22. The number of rotatable bonds is 19. The zero-order valence-corrected chi connectivity index (χ0v) is 26.4. The van der Waals surface area contributed by atoms with E-state index >= 15 is 0 Å². The number of amides is 6. The first kappa shape index (κ1) is 38.1. The van der Waals surface area contributed by atoms with Crippen molar-refractivity contribution < 1.29 is 33.7 Å². The lowest BCUT2D eigenvalue weighted by Crippen LogP contribution is -2.60. The van der Waals surface area contributed by atoms with Gasteiger partial charge >= 0.3 is 5.69 Å². The molecule has 4 unspecified atom stereocenters. The summed E-state index contributed by atoms with van der Waals surface area (Å²) in [6.07, 6.45) is 1.23. The molecule has 244 valence electrons. The van der Waals surface area contributed by atoms with Crippen LogP contribution in [0.4, 0.5) is 5.69 Å². The molecular weight excluding hydrogens is 618 g/mol. The van der Waals surface area contributed by atoms with E-state index in [9.17, 15) is 38.9 Å². The van der Waals surface area contributed by atoms with Gasteiger partial charge in [0.2, 0.25) is 35.4 Å². The molecule has 0 aliphatic rings. The third kappa shape index (κ3) is 13.1. The Morgan fingerprint density at radius 1 is 0.909 bits per heavy atom. The van der Waals surface area contributed by atoms with Gasteiger partial charge in [0.1, 0.15) is 18.1 Å². The number of hydrogen-bond acceptors (Lipinski definition) is 12. The summed E-state index contributed by atoms with van der Waals surface area (Å²) in [4.78, 5) is 88.8. The van der Waals surface area contributed by atoms with Gasteiger partial charge in [-0.15, -0.1) is 0 Å². The molecule has 0 fully saturated rings. The van der Waals surface area contributed by atoms with Gasteiger partial charge in [-0.2, -0.15) is 0 Å². The molecule has 44 heavy (non-hydrogen) atoms. The number of primary amides is 2. The summed E-state index contributed by atoms with van der Waals surface area (Å²) in [6, 6.07) is -1.92. The van der Waals surface area contributed by atoms with Crippen LogP contribution in [0.1, 0.15) is 40.5 Å². The topological polar surface area (TPSA) is 285 Å². The number of nitrogens with zero attached hydrogens (tertiary/aromatic N) is 2. The van der Waals surface area contributed by atoms with Crippen molar-refractivity contribution in [2.45, 2.75) is 69.7 Å². The predicted molar refractivity (Wildman–Crippen MR) is 163 cm³/mol. The van der Waals surface area contributed by atoms with Crippen molar-refractivity contribution >= 4 is 62.7 Å². The van der Waals surface area contributed by atoms with E-state index in [0.29, 0.717) is 0 Å². The summed E-state index contributed by atoms with van der Waals surface area (Å²) in [5, 5.41) is 21.4. The van der Waals surface area contributed by atoms with Gasteiger partial charge in [0.25, 0.3) is 0 Å². The molecule has 19 heteroatoms. The summed E-state index contributed by atoms with van der Waals surface area (Å²) in [5.41, 5.74) is 15.8. The van der Waals surface area contributed by atoms with E-state index in [4.69, 9.17) is 17.2 Å². The SMILES string of the molecule is CC(C)C(NC(=O)C(N)CCC(N)=O)C(=O)NC(C(=O)NC(CSSc1ncccc1[N+](=O)[O-])C(=O)NCC(N)=O)C(C)C. The molecule has 17 nitrogen and oxygen atoms in total. The summed E-state index contributed by atoms with van der Waals surface area (Å²) in [5.74, 6) is -5.33. The van der Waals surface area contributed by atoms with Crippen molar-refractivity contribution in [3.8, 4) is 0 Å². The molecule has 0 aliphatic carbocycles. The summed E-state index contributed by atoms with van der Waals surface area (Å²) >= 11 is 0. The summed E-state index contributed by atoms with van der Waals surface area (Å²) in [7, 11) is 1.90. The van der Waals surface area contributed by atoms with E-state index < -0.39 is 82.9 Å². The number of nitrogens with one attached hydrogen (secondary N) is 4. The third-order valence-electron chi connectivity index (χ3n) is 5.92. The maximum atomic E-state index is 13.4. The van der Waals surface area contributed by atoms with E-state index in [1.165, 1.54) is 18.3 Å². The van der Waals surface area contributed by atoms with Crippen molar-refractivity contribution in [1.29, 1.82) is 0 Å². The van der Waals surface area contributed by atoms with Crippen molar-refractivity contribution in [2.24, 2.45) is 29.0 Å². The monoisotopic (exact) mass is 657 g/mol. The van der Waals surface area contributed by atoms with Gasteiger partial charge in [0.05, 0.1) is 17.5 Å². The normalized spacial score (nSPS) is 13.7. The number of nitro groups is 1. The number of nitrogens with two attached hydrogens (primary N) is 3. The first-order valence-electron chi connectivity index (χ1n) is 13.4. The van der Waals surface area contributed by atoms with Crippen LogP contribution in [0.15, 0.2) is 23.4 Å². The number of aromatic nitrogens is 1. The lowest BCUT2D eigenvalue weighted by molar-refractivity contribution is -0.388. The van der Waals surface area contributed by atoms with Crippen LogP contribution < -0.4 is 38.5 Å². The van der Waals surface area contributed by atoms with Crippen molar-refractivity contribution in [3.05, 3.63) is 28.4 Å². The molecule has 6 amide bonds. The summed E-state index contributed by atoms with van der Waals surface area (Å²) in [6.45, 7) is 6.14. The largest absolute Gasteiger partial charge is 0.370 e. The van der Waals surface area contributed by atoms with Gasteiger partial charge in [0.15, 0.2) is 5.03 Å². The van der Waals surface area contributed by atoms with Crippen LogP contribution in [0, 0.1) is 22.0 Å². The zero-order valence-electron chi connectivity index (χ0n) is 24.7. The van der Waals surface area contributed by atoms with Crippen LogP contribution >= 0.6 is 21.6 Å². The van der Waals surface area contributed by atoms with Gasteiger partial charge in [0, 0.05) is 24.4 Å². The molecule has 0 spiro atoms. The Kier molecular flexibility index (Phi) is 16.1. The number of carbonyl (C=O) groups excluding carboxylic acids is 6. The van der Waals surface area contributed by atoms with Gasteiger partial charge in [-0.3, -0.25) is 38.9 Å². The molecular formula is C25H39N9O8S2. The fraction of sp³-hybridized carbons (Fsp3) is 0.560. The van der Waals surface area contributed by atoms with E-state index in [0.717, 1.165) is 21.6 Å². The Morgan fingerprint density at radius 3 is 2.00 bits per heavy atom. The summed E-state index contributed by atoms with van der Waals surface area (Å²) < 4.78 is 0. The van der Waals surface area contributed by atoms with Gasteiger partial charge in [-0.1, -0.05) is 38.5 Å². The molecule has 1 heterocycles. The molecule has 0 saturated carbocycles. The van der Waals surface area contributed by atoms with Crippen LogP contribution in [-0.4, -0.2) is 81.8 Å². The minimum Gasteiger partial charge on any atom is -0.370 e. The molecule has 1 rings (SSSR count). The quantitative estimate of drug-likeness (QED) is 0.0519. The van der Waals surface area contributed by atoms with E-state index in [-0.39, 0.29) is 29.3 Å². The fourth-order valence-corrected chi connectivity index (χ4v) is 5.70. The maximum absolute atomic E-state index is 13.4. The van der Waals surface area contributed by atoms with E-state index in [2.05, 4.69) is 26.3 Å². The second kappa shape index (κ2) is 18.6. The lowest BCUT2D eigenvalue weighted by Gasteiger charge is -2.28. The van der Waals surface area contributed by atoms with Crippen LogP contribution in [-0.2, 0) is 28.8 Å². The molecule has 0 saturated heterocycles. The molecule has 0 aliphatic heterocycles. The highest BCUT2D eigenvalue weighted by atomic mass is 33.1. The molecule has 1 aromatic heterocycles. The second-order valence-corrected chi connectivity index (χ2v) is 12.6. The second-order valence-electron chi connectivity index (χ2n) is 10.3. The highest BCUT2D eigenvalue weighted by Crippen LogP contribution is 2.35. The number of pyridine rings is 1. The zero-order chi connectivity index (χ0) is 33.6. The number of hydrogen-bond donors (Lipinski definition) is 7. The standard InChI is InChI=1S/C25H39N9O8S2/c1-12(2)19(33-24(40)20(13(3)4)32-21(37)14(26)7-8-17(27)35)23(39)31-15(22(38)30-10-18(28)36)11-43-44-25-16(34(41)42)6-5-9-29-25/h5-6,9,12-15,19-20H,7-8,10-11,26H2,1-4H3,(H2,27,35)(H2,28,36)(H,30,38)(H,31,39)(H,32,37)(H,33,40). The van der Waals surface area contributed by atoms with Gasteiger partial charge < -0.3 is 38.5 Å². The van der Waals surface area contributed by atoms with Gasteiger partial charge in [-0.25, -0.2) is 4.98 Å². The first-order valence-corrected chi connectivity index (χ1v) is 15.8. The molecule has 1 aromatic rings. The lowest BCUT2D eigenvalue weighted by atomic mass is 9.99. The molecule has 4 atom stereocenters. The highest BCUT2D eigenvalue weighted by Gasteiger charge is 2.33. The fourth-order valence-electron chi connectivity index (χ4n) is 3.49. The highest BCUT2D eigenvalue weighted by molar-refractivity contribution is 8.76. The maximum Gasteiger partial charge on any atom is 0.302 e. The van der Waals surface area contributed by atoms with E-state index in [1.807, 2.05) is 0 Å². The Bertz CT molecular complexity index is 1220. The van der Waals surface area contributed by atoms with Crippen molar-refractivity contribution in [1.82, 2.24) is 26.3 Å². The predicted octanol–water partition coefficient (Wildman–Crippen LogP) is -1.31. The van der Waals surface area contributed by atoms with Gasteiger partial charge in [-0.05, 0) is 35.1 Å².